The van der Waals surface area contributed by atoms with E-state index in [4.69, 9.17) is 4.52 Å². The molecule has 1 amide bonds. The highest BCUT2D eigenvalue weighted by Gasteiger charge is 2.40. The zero-order chi connectivity index (χ0) is 13.4. The van der Waals surface area contributed by atoms with Crippen LogP contribution in [0.1, 0.15) is 31.4 Å². The molecule has 104 valence electrons. The zero-order valence-corrected chi connectivity index (χ0v) is 11.0. The van der Waals surface area contributed by atoms with E-state index < -0.39 is 0 Å². The number of nitrogens with zero attached hydrogens (tertiary/aromatic N) is 2. The maximum absolute atomic E-state index is 12.0. The Labute approximate surface area is 111 Å². The third-order valence-electron chi connectivity index (χ3n) is 4.08. The van der Waals surface area contributed by atoms with E-state index in [2.05, 4.69) is 15.4 Å². The largest absolute Gasteiger partial charge is 0.393 e. The Morgan fingerprint density at radius 3 is 2.79 bits per heavy atom. The molecule has 19 heavy (non-hydrogen) atoms. The molecule has 2 atom stereocenters. The quantitative estimate of drug-likeness (QED) is 0.849. The summed E-state index contributed by atoms with van der Waals surface area (Å²) >= 11 is 0. The number of aryl methyl sites for hydroxylation is 1. The first-order valence-electron chi connectivity index (χ1n) is 6.79. The highest BCUT2D eigenvalue weighted by atomic mass is 16.5. The average Bonchev–Trinajstić information content (AvgIpc) is 2.83. The monoisotopic (exact) mass is 265 g/mol. The number of piperidine rings is 1. The number of hydrogen-bond donors (Lipinski definition) is 2. The van der Waals surface area contributed by atoms with Gasteiger partial charge in [-0.1, -0.05) is 5.16 Å². The van der Waals surface area contributed by atoms with Crippen LogP contribution >= 0.6 is 0 Å². The molecule has 3 rings (SSSR count). The number of carbonyl (C=O) groups is 1. The van der Waals surface area contributed by atoms with Gasteiger partial charge in [-0.25, -0.2) is 0 Å². The Kier molecular flexibility index (Phi) is 3.28. The molecule has 2 fully saturated rings. The van der Waals surface area contributed by atoms with Gasteiger partial charge in [-0.2, -0.15) is 0 Å². The van der Waals surface area contributed by atoms with E-state index >= 15 is 0 Å². The van der Waals surface area contributed by atoms with Crippen LogP contribution in [0.5, 0.6) is 0 Å². The number of amides is 1. The van der Waals surface area contributed by atoms with Crippen LogP contribution in [-0.4, -0.2) is 45.8 Å². The van der Waals surface area contributed by atoms with Gasteiger partial charge in [0.1, 0.15) is 0 Å². The molecule has 2 aliphatic rings. The summed E-state index contributed by atoms with van der Waals surface area (Å²) < 4.78 is 4.97. The predicted molar refractivity (Wildman–Crippen MR) is 68.6 cm³/mol. The first-order valence-corrected chi connectivity index (χ1v) is 6.79. The summed E-state index contributed by atoms with van der Waals surface area (Å²) in [5, 5.41) is 16.2. The van der Waals surface area contributed by atoms with Gasteiger partial charge in [0.15, 0.2) is 0 Å². The molecule has 2 N–H and O–H groups in total. The first-order chi connectivity index (χ1) is 9.11. The maximum atomic E-state index is 12.0. The number of anilines is 1. The summed E-state index contributed by atoms with van der Waals surface area (Å²) in [6, 6.07) is 2.39. The van der Waals surface area contributed by atoms with Gasteiger partial charge in [0, 0.05) is 18.2 Å². The molecule has 2 unspecified atom stereocenters. The SMILES string of the molecule is Cc1cc(NC(=O)CN2C3CCC2CC(O)C3)on1. The van der Waals surface area contributed by atoms with E-state index in [1.54, 1.807) is 6.07 Å². The lowest BCUT2D eigenvalue weighted by Crippen LogP contribution is -2.47. The van der Waals surface area contributed by atoms with Crippen LogP contribution in [-0.2, 0) is 4.79 Å². The van der Waals surface area contributed by atoms with Crippen molar-refractivity contribution >= 4 is 11.8 Å². The number of hydrogen-bond acceptors (Lipinski definition) is 5. The molecule has 0 aliphatic carbocycles. The molecule has 2 aliphatic heterocycles. The van der Waals surface area contributed by atoms with Crippen LogP contribution in [0.15, 0.2) is 10.6 Å². The van der Waals surface area contributed by atoms with E-state index in [0.29, 0.717) is 24.5 Å². The molecule has 0 spiro atoms. The summed E-state index contributed by atoms with van der Waals surface area (Å²) in [6.45, 7) is 2.17. The van der Waals surface area contributed by atoms with E-state index in [1.807, 2.05) is 6.92 Å². The molecule has 1 aromatic rings. The molecule has 0 radical (unpaired) electrons. The van der Waals surface area contributed by atoms with Gasteiger partial charge >= 0.3 is 0 Å². The van der Waals surface area contributed by atoms with E-state index in [9.17, 15) is 9.90 Å². The Morgan fingerprint density at radius 2 is 2.21 bits per heavy atom. The van der Waals surface area contributed by atoms with Gasteiger partial charge in [0.2, 0.25) is 11.8 Å². The number of nitrogens with one attached hydrogen (secondary N) is 1. The van der Waals surface area contributed by atoms with Crippen molar-refractivity contribution in [3.8, 4) is 0 Å². The second-order valence-electron chi connectivity index (χ2n) is 5.56. The van der Waals surface area contributed by atoms with Crippen molar-refractivity contribution in [3.63, 3.8) is 0 Å². The number of fused-ring (bicyclic) bond motifs is 2. The molecule has 6 nitrogen and oxygen atoms in total. The van der Waals surface area contributed by atoms with Crippen molar-refractivity contribution in [2.45, 2.75) is 50.8 Å². The van der Waals surface area contributed by atoms with Crippen molar-refractivity contribution in [2.75, 3.05) is 11.9 Å². The lowest BCUT2D eigenvalue weighted by atomic mass is 10.00. The lowest BCUT2D eigenvalue weighted by molar-refractivity contribution is -0.119. The molecule has 3 heterocycles. The minimum atomic E-state index is -0.200. The van der Waals surface area contributed by atoms with Crippen LogP contribution in [0.25, 0.3) is 0 Å². The van der Waals surface area contributed by atoms with E-state index in [1.165, 1.54) is 0 Å². The van der Waals surface area contributed by atoms with Gasteiger partial charge in [-0.3, -0.25) is 15.0 Å². The maximum Gasteiger partial charge on any atom is 0.240 e. The summed E-state index contributed by atoms with van der Waals surface area (Å²) in [4.78, 5) is 14.2. The Balaban J connectivity index is 1.58. The fourth-order valence-electron chi connectivity index (χ4n) is 3.27. The van der Waals surface area contributed by atoms with Gasteiger partial charge in [-0.15, -0.1) is 0 Å². The van der Waals surface area contributed by atoms with Crippen molar-refractivity contribution in [1.29, 1.82) is 0 Å². The number of carbonyl (C=O) groups excluding carboxylic acids is 1. The first kappa shape index (κ1) is 12.6. The fraction of sp³-hybridized carbons (Fsp3) is 0.692. The Bertz CT molecular complexity index is 459. The van der Waals surface area contributed by atoms with Crippen molar-refractivity contribution in [1.82, 2.24) is 10.1 Å². The summed E-state index contributed by atoms with van der Waals surface area (Å²) in [5.74, 6) is 0.316. The fourth-order valence-corrected chi connectivity index (χ4v) is 3.27. The van der Waals surface area contributed by atoms with Gasteiger partial charge in [0.05, 0.1) is 18.3 Å². The third-order valence-corrected chi connectivity index (χ3v) is 4.08. The smallest absolute Gasteiger partial charge is 0.240 e. The van der Waals surface area contributed by atoms with E-state index in [-0.39, 0.29) is 12.0 Å². The van der Waals surface area contributed by atoms with E-state index in [0.717, 1.165) is 31.4 Å². The topological polar surface area (TPSA) is 78.6 Å². The van der Waals surface area contributed by atoms with Gasteiger partial charge < -0.3 is 9.63 Å². The minimum Gasteiger partial charge on any atom is -0.393 e. The van der Waals surface area contributed by atoms with Crippen LogP contribution in [0.4, 0.5) is 5.88 Å². The highest BCUT2D eigenvalue weighted by molar-refractivity contribution is 5.91. The second-order valence-corrected chi connectivity index (χ2v) is 5.56. The molecule has 0 saturated carbocycles. The second kappa shape index (κ2) is 4.94. The zero-order valence-electron chi connectivity index (χ0n) is 11.0. The standard InChI is InChI=1S/C13H19N3O3/c1-8-4-13(19-15-8)14-12(18)7-16-9-2-3-10(16)6-11(17)5-9/h4,9-11,17H,2-3,5-7H2,1H3,(H,14,18). The van der Waals surface area contributed by atoms with Crippen LogP contribution in [0.3, 0.4) is 0 Å². The number of aliphatic hydroxyl groups is 1. The molecular weight excluding hydrogens is 246 g/mol. The molecular formula is C13H19N3O3. The molecule has 0 aromatic carbocycles. The number of aliphatic hydroxyl groups excluding tert-OH is 1. The van der Waals surface area contributed by atoms with Crippen molar-refractivity contribution in [2.24, 2.45) is 0 Å². The van der Waals surface area contributed by atoms with Crippen LogP contribution in [0, 0.1) is 6.92 Å². The summed E-state index contributed by atoms with van der Waals surface area (Å²) in [7, 11) is 0. The molecule has 2 bridgehead atoms. The van der Waals surface area contributed by atoms with Gasteiger partial charge in [0.25, 0.3) is 0 Å². The van der Waals surface area contributed by atoms with Crippen molar-refractivity contribution in [3.05, 3.63) is 11.8 Å². The number of aromatic nitrogens is 1. The molecule has 6 heteroatoms. The third kappa shape index (κ3) is 2.64. The lowest BCUT2D eigenvalue weighted by Gasteiger charge is -2.36. The molecule has 2 saturated heterocycles. The molecule has 1 aromatic heterocycles. The summed E-state index contributed by atoms with van der Waals surface area (Å²) in [6.07, 6.45) is 3.53. The Morgan fingerprint density at radius 1 is 1.53 bits per heavy atom. The predicted octanol–water partition coefficient (Wildman–Crippen LogP) is 0.909. The number of rotatable bonds is 3. The minimum absolute atomic E-state index is 0.0792. The van der Waals surface area contributed by atoms with Crippen LogP contribution < -0.4 is 5.32 Å². The Hall–Kier alpha value is -1.40. The normalized spacial score (nSPS) is 30.5. The van der Waals surface area contributed by atoms with Crippen LogP contribution in [0.2, 0.25) is 0 Å². The van der Waals surface area contributed by atoms with Gasteiger partial charge in [-0.05, 0) is 32.6 Å². The highest BCUT2D eigenvalue weighted by Crippen LogP contribution is 2.35. The average molecular weight is 265 g/mol. The summed E-state index contributed by atoms with van der Waals surface area (Å²) in [5.41, 5.74) is 0.747. The van der Waals surface area contributed by atoms with Crippen molar-refractivity contribution < 1.29 is 14.4 Å².